The molecule has 0 amide bonds. The van der Waals surface area contributed by atoms with Crippen molar-refractivity contribution in [2.75, 3.05) is 6.54 Å². The molecular formula is C6H14N2O3. The molecule has 0 unspecified atom stereocenters. The number of rotatable bonds is 5. The Kier molecular flexibility index (Phi) is 4.76. The fraction of sp³-hybridized carbons (Fsp3) is 0.833. The van der Waals surface area contributed by atoms with Crippen molar-refractivity contribution in [1.82, 2.24) is 0 Å². The predicted molar refractivity (Wildman–Crippen MR) is 39.9 cm³/mol. The molecule has 0 heterocycles. The van der Waals surface area contributed by atoms with Crippen LogP contribution in [0.4, 0.5) is 0 Å². The summed E-state index contributed by atoms with van der Waals surface area (Å²) in [6.07, 6.45) is -0.579. The van der Waals surface area contributed by atoms with E-state index in [0.29, 0.717) is 0 Å². The van der Waals surface area contributed by atoms with Crippen LogP contribution in [-0.4, -0.2) is 34.9 Å². The lowest BCUT2D eigenvalue weighted by Crippen LogP contribution is -2.32. The van der Waals surface area contributed by atoms with Crippen LogP contribution >= 0.6 is 0 Å². The summed E-state index contributed by atoms with van der Waals surface area (Å²) in [5.41, 5.74) is 10.5. The molecule has 0 radical (unpaired) electrons. The van der Waals surface area contributed by atoms with Gasteiger partial charge >= 0.3 is 5.97 Å². The average Bonchev–Trinajstić information content (AvgIpc) is 1.85. The number of carboxylic acid groups (broad SMARTS) is 1. The second kappa shape index (κ2) is 5.06. The molecule has 0 fully saturated rings. The van der Waals surface area contributed by atoms with Crippen molar-refractivity contribution < 1.29 is 15.0 Å². The van der Waals surface area contributed by atoms with Gasteiger partial charge in [0.2, 0.25) is 0 Å². The number of aliphatic hydroxyl groups is 1. The summed E-state index contributed by atoms with van der Waals surface area (Å²) in [5, 5.41) is 17.2. The average molecular weight is 162 g/mol. The van der Waals surface area contributed by atoms with Crippen LogP contribution in [0.1, 0.15) is 12.8 Å². The molecule has 0 aromatic carbocycles. The molecule has 0 aromatic heterocycles. The molecule has 5 nitrogen and oxygen atoms in total. The first kappa shape index (κ1) is 10.3. The number of aliphatic carboxylic acids is 1. The summed E-state index contributed by atoms with van der Waals surface area (Å²) in [7, 11) is 0. The molecule has 0 spiro atoms. The van der Waals surface area contributed by atoms with E-state index < -0.39 is 18.1 Å². The van der Waals surface area contributed by atoms with Gasteiger partial charge in [0.1, 0.15) is 0 Å². The fourth-order valence-corrected chi connectivity index (χ4v) is 0.753. The van der Waals surface area contributed by atoms with E-state index in [4.69, 9.17) is 21.7 Å². The number of hydrogen-bond donors (Lipinski definition) is 4. The lowest BCUT2D eigenvalue weighted by Gasteiger charge is -2.12. The first-order chi connectivity index (χ1) is 5.06. The topological polar surface area (TPSA) is 110 Å². The number of nitrogens with two attached hydrogens (primary N) is 2. The highest BCUT2D eigenvalue weighted by atomic mass is 16.4. The van der Waals surface area contributed by atoms with Crippen molar-refractivity contribution in [3.05, 3.63) is 0 Å². The Hall–Kier alpha value is -0.650. The van der Waals surface area contributed by atoms with E-state index in [9.17, 15) is 4.79 Å². The molecule has 0 bridgehead atoms. The third kappa shape index (κ3) is 5.78. The second-order valence-corrected chi connectivity index (χ2v) is 2.48. The Morgan fingerprint density at radius 3 is 2.45 bits per heavy atom. The van der Waals surface area contributed by atoms with Crippen LogP contribution in [0, 0.1) is 0 Å². The molecule has 0 saturated heterocycles. The molecule has 2 atom stereocenters. The van der Waals surface area contributed by atoms with E-state index in [-0.39, 0.29) is 19.4 Å². The van der Waals surface area contributed by atoms with Crippen molar-refractivity contribution in [2.45, 2.75) is 25.0 Å². The van der Waals surface area contributed by atoms with Crippen molar-refractivity contribution in [1.29, 1.82) is 0 Å². The molecule has 0 aromatic rings. The van der Waals surface area contributed by atoms with E-state index in [2.05, 4.69) is 0 Å². The van der Waals surface area contributed by atoms with Gasteiger partial charge in [0, 0.05) is 12.6 Å². The minimum Gasteiger partial charge on any atom is -0.481 e. The normalized spacial score (nSPS) is 15.9. The molecule has 6 N–H and O–H groups in total. The molecule has 0 aliphatic carbocycles. The van der Waals surface area contributed by atoms with Gasteiger partial charge < -0.3 is 21.7 Å². The zero-order valence-corrected chi connectivity index (χ0v) is 6.23. The fourth-order valence-electron chi connectivity index (χ4n) is 0.753. The van der Waals surface area contributed by atoms with Gasteiger partial charge in [0.25, 0.3) is 0 Å². The maximum atomic E-state index is 10.1. The highest BCUT2D eigenvalue weighted by Crippen LogP contribution is 1.98. The second-order valence-electron chi connectivity index (χ2n) is 2.48. The Balaban J connectivity index is 3.51. The molecule has 0 saturated carbocycles. The Morgan fingerprint density at radius 2 is 2.09 bits per heavy atom. The van der Waals surface area contributed by atoms with Crippen molar-refractivity contribution in [3.8, 4) is 0 Å². The van der Waals surface area contributed by atoms with Crippen LogP contribution in [0.25, 0.3) is 0 Å². The predicted octanol–water partition coefficient (Wildman–Crippen LogP) is -1.50. The smallest absolute Gasteiger partial charge is 0.304 e. The number of carbonyl (C=O) groups is 1. The third-order valence-corrected chi connectivity index (χ3v) is 1.28. The summed E-state index contributed by atoms with van der Waals surface area (Å²) in [6.45, 7) is 0.118. The minimum atomic E-state index is -0.957. The molecule has 11 heavy (non-hydrogen) atoms. The van der Waals surface area contributed by atoms with Crippen LogP contribution in [0.2, 0.25) is 0 Å². The largest absolute Gasteiger partial charge is 0.481 e. The summed E-state index contributed by atoms with van der Waals surface area (Å²) in [4.78, 5) is 10.1. The summed E-state index contributed by atoms with van der Waals surface area (Å²) < 4.78 is 0. The van der Waals surface area contributed by atoms with Gasteiger partial charge in [0.05, 0.1) is 12.5 Å². The van der Waals surface area contributed by atoms with Crippen LogP contribution in [0.15, 0.2) is 0 Å². The number of aliphatic hydroxyl groups excluding tert-OH is 1. The van der Waals surface area contributed by atoms with Crippen LogP contribution in [0.5, 0.6) is 0 Å². The maximum Gasteiger partial charge on any atom is 0.304 e. The van der Waals surface area contributed by atoms with Crippen LogP contribution in [-0.2, 0) is 4.79 Å². The van der Waals surface area contributed by atoms with E-state index >= 15 is 0 Å². The zero-order valence-electron chi connectivity index (χ0n) is 6.23. The van der Waals surface area contributed by atoms with Gasteiger partial charge in [-0.25, -0.2) is 0 Å². The van der Waals surface area contributed by atoms with E-state index in [1.807, 2.05) is 0 Å². The van der Waals surface area contributed by atoms with Gasteiger partial charge in [0.15, 0.2) is 0 Å². The van der Waals surface area contributed by atoms with Gasteiger partial charge in [-0.3, -0.25) is 4.79 Å². The monoisotopic (exact) mass is 162 g/mol. The molecule has 0 rings (SSSR count). The van der Waals surface area contributed by atoms with Crippen molar-refractivity contribution in [2.24, 2.45) is 11.5 Å². The lowest BCUT2D eigenvalue weighted by atomic mass is 10.1. The van der Waals surface area contributed by atoms with Crippen molar-refractivity contribution >= 4 is 5.97 Å². The first-order valence-electron chi connectivity index (χ1n) is 3.41. The Labute approximate surface area is 65.0 Å². The van der Waals surface area contributed by atoms with Crippen LogP contribution in [0.3, 0.4) is 0 Å². The molecule has 0 aliphatic rings. The summed E-state index contributed by atoms with van der Waals surface area (Å²) >= 11 is 0. The number of hydrogen-bond acceptors (Lipinski definition) is 4. The molecule has 66 valence electrons. The standard InChI is InChI=1S/C6H14N2O3/c7-3-5(9)1-4(8)2-6(10)11/h4-5,9H,1-3,7-8H2,(H,10,11)/t4-,5-/m1/s1. The van der Waals surface area contributed by atoms with E-state index in [0.717, 1.165) is 0 Å². The summed E-state index contributed by atoms with van der Waals surface area (Å²) in [5.74, 6) is -0.957. The zero-order chi connectivity index (χ0) is 8.85. The molecule has 5 heteroatoms. The Bertz CT molecular complexity index is 129. The number of carboxylic acids is 1. The SMILES string of the molecule is NC[C@H](O)C[C@@H](N)CC(=O)O. The quantitative estimate of drug-likeness (QED) is 0.393. The summed E-state index contributed by atoms with van der Waals surface area (Å²) in [6, 6.07) is -0.508. The lowest BCUT2D eigenvalue weighted by molar-refractivity contribution is -0.137. The third-order valence-electron chi connectivity index (χ3n) is 1.28. The van der Waals surface area contributed by atoms with Crippen LogP contribution < -0.4 is 11.5 Å². The Morgan fingerprint density at radius 1 is 1.55 bits per heavy atom. The first-order valence-corrected chi connectivity index (χ1v) is 3.41. The maximum absolute atomic E-state index is 10.1. The van der Waals surface area contributed by atoms with E-state index in [1.165, 1.54) is 0 Å². The van der Waals surface area contributed by atoms with Gasteiger partial charge in [-0.05, 0) is 6.42 Å². The van der Waals surface area contributed by atoms with Gasteiger partial charge in [-0.1, -0.05) is 0 Å². The van der Waals surface area contributed by atoms with E-state index in [1.54, 1.807) is 0 Å². The molecular weight excluding hydrogens is 148 g/mol. The van der Waals surface area contributed by atoms with Crippen molar-refractivity contribution in [3.63, 3.8) is 0 Å². The van der Waals surface area contributed by atoms with Gasteiger partial charge in [-0.2, -0.15) is 0 Å². The molecule has 0 aliphatic heterocycles. The minimum absolute atomic E-state index is 0.118. The van der Waals surface area contributed by atoms with Gasteiger partial charge in [-0.15, -0.1) is 0 Å². The highest BCUT2D eigenvalue weighted by molar-refractivity contribution is 5.67. The highest BCUT2D eigenvalue weighted by Gasteiger charge is 2.11.